The summed E-state index contributed by atoms with van der Waals surface area (Å²) in [6, 6.07) is 6.94. The maximum Gasteiger partial charge on any atom is 0.191 e. The first-order valence-corrected chi connectivity index (χ1v) is 8.38. The summed E-state index contributed by atoms with van der Waals surface area (Å²) in [7, 11) is 1.77. The van der Waals surface area contributed by atoms with Gasteiger partial charge in [0.2, 0.25) is 0 Å². The van der Waals surface area contributed by atoms with Crippen molar-refractivity contribution >= 4 is 5.96 Å². The SMILES string of the molecule is CN=C(NCCCOC(C)C)NCC1(c2cccc(F)c2)CC1. The van der Waals surface area contributed by atoms with Crippen LogP contribution < -0.4 is 10.6 Å². The number of rotatable bonds is 8. The molecule has 1 aromatic rings. The van der Waals surface area contributed by atoms with E-state index in [0.29, 0.717) is 0 Å². The van der Waals surface area contributed by atoms with Crippen LogP contribution in [0.5, 0.6) is 0 Å². The van der Waals surface area contributed by atoms with Gasteiger partial charge >= 0.3 is 0 Å². The van der Waals surface area contributed by atoms with Crippen LogP contribution in [0, 0.1) is 5.82 Å². The van der Waals surface area contributed by atoms with Crippen LogP contribution in [0.15, 0.2) is 29.3 Å². The molecule has 0 radical (unpaired) electrons. The third-order valence-corrected chi connectivity index (χ3v) is 4.17. The molecule has 0 bridgehead atoms. The van der Waals surface area contributed by atoms with Crippen molar-refractivity contribution in [3.05, 3.63) is 35.6 Å². The molecule has 1 fully saturated rings. The summed E-state index contributed by atoms with van der Waals surface area (Å²) < 4.78 is 18.9. The lowest BCUT2D eigenvalue weighted by Gasteiger charge is -2.19. The molecule has 128 valence electrons. The van der Waals surface area contributed by atoms with E-state index >= 15 is 0 Å². The molecule has 0 aromatic heterocycles. The molecule has 0 spiro atoms. The number of nitrogens with zero attached hydrogens (tertiary/aromatic N) is 1. The van der Waals surface area contributed by atoms with Gasteiger partial charge in [0, 0.05) is 32.2 Å². The summed E-state index contributed by atoms with van der Waals surface area (Å²) in [6.07, 6.45) is 3.38. The molecule has 2 N–H and O–H groups in total. The third kappa shape index (κ3) is 5.50. The lowest BCUT2D eigenvalue weighted by atomic mass is 9.96. The van der Waals surface area contributed by atoms with E-state index in [0.717, 1.165) is 50.5 Å². The smallest absolute Gasteiger partial charge is 0.191 e. The molecule has 1 aliphatic rings. The first-order chi connectivity index (χ1) is 11.1. The summed E-state index contributed by atoms with van der Waals surface area (Å²) in [5, 5.41) is 6.66. The molecule has 1 aliphatic carbocycles. The second-order valence-corrected chi connectivity index (χ2v) is 6.42. The van der Waals surface area contributed by atoms with Gasteiger partial charge in [0.1, 0.15) is 5.82 Å². The molecule has 0 amide bonds. The maximum atomic E-state index is 13.4. The minimum absolute atomic E-state index is 0.0560. The van der Waals surface area contributed by atoms with E-state index in [1.807, 2.05) is 19.9 Å². The highest BCUT2D eigenvalue weighted by atomic mass is 19.1. The van der Waals surface area contributed by atoms with Gasteiger partial charge in [-0.1, -0.05) is 12.1 Å². The van der Waals surface area contributed by atoms with Crippen LogP contribution in [0.25, 0.3) is 0 Å². The standard InChI is InChI=1S/C18H28FN3O/c1-14(2)23-11-5-10-21-17(20-3)22-13-18(8-9-18)15-6-4-7-16(19)12-15/h4,6-7,12,14H,5,8-11,13H2,1-3H3,(H2,20,21,22). The molecular weight excluding hydrogens is 293 g/mol. The van der Waals surface area contributed by atoms with Gasteiger partial charge in [-0.15, -0.1) is 0 Å². The van der Waals surface area contributed by atoms with Crippen LogP contribution in [0.2, 0.25) is 0 Å². The Bertz CT molecular complexity index is 527. The average molecular weight is 321 g/mol. The van der Waals surface area contributed by atoms with Crippen LogP contribution in [-0.4, -0.2) is 38.8 Å². The van der Waals surface area contributed by atoms with Gasteiger partial charge in [-0.25, -0.2) is 4.39 Å². The van der Waals surface area contributed by atoms with Gasteiger partial charge in [0.25, 0.3) is 0 Å². The third-order valence-electron chi connectivity index (χ3n) is 4.17. The lowest BCUT2D eigenvalue weighted by molar-refractivity contribution is 0.0776. The van der Waals surface area contributed by atoms with Crippen LogP contribution in [0.1, 0.15) is 38.7 Å². The zero-order valence-electron chi connectivity index (χ0n) is 14.4. The Morgan fingerprint density at radius 3 is 2.74 bits per heavy atom. The molecule has 0 unspecified atom stereocenters. The van der Waals surface area contributed by atoms with E-state index in [1.54, 1.807) is 19.2 Å². The number of halogens is 1. The predicted octanol–water partition coefficient (Wildman–Crippen LogP) is 2.84. The highest BCUT2D eigenvalue weighted by Gasteiger charge is 2.44. The molecule has 5 heteroatoms. The minimum Gasteiger partial charge on any atom is -0.379 e. The minimum atomic E-state index is -0.165. The van der Waals surface area contributed by atoms with Gasteiger partial charge in [0.05, 0.1) is 6.10 Å². The molecule has 1 saturated carbocycles. The van der Waals surface area contributed by atoms with E-state index in [-0.39, 0.29) is 17.3 Å². The number of guanidine groups is 1. The van der Waals surface area contributed by atoms with Gasteiger partial charge < -0.3 is 15.4 Å². The Morgan fingerprint density at radius 1 is 1.35 bits per heavy atom. The normalized spacial score (nSPS) is 16.5. The van der Waals surface area contributed by atoms with Crippen LogP contribution >= 0.6 is 0 Å². The number of aliphatic imine (C=N–C) groups is 1. The van der Waals surface area contributed by atoms with Crippen molar-refractivity contribution in [1.82, 2.24) is 10.6 Å². The van der Waals surface area contributed by atoms with Gasteiger partial charge in [-0.05, 0) is 50.8 Å². The number of ether oxygens (including phenoxy) is 1. The molecule has 23 heavy (non-hydrogen) atoms. The molecule has 1 aromatic carbocycles. The van der Waals surface area contributed by atoms with Crippen LogP contribution in [-0.2, 0) is 10.2 Å². The van der Waals surface area contributed by atoms with Crippen molar-refractivity contribution in [2.75, 3.05) is 26.7 Å². The van der Waals surface area contributed by atoms with Gasteiger partial charge in [-0.2, -0.15) is 0 Å². The van der Waals surface area contributed by atoms with Gasteiger partial charge in [0.15, 0.2) is 5.96 Å². The Kier molecular flexibility index (Phi) is 6.39. The summed E-state index contributed by atoms with van der Waals surface area (Å²) in [4.78, 5) is 4.24. The predicted molar refractivity (Wildman–Crippen MR) is 92.4 cm³/mol. The van der Waals surface area contributed by atoms with Crippen LogP contribution in [0.4, 0.5) is 4.39 Å². The average Bonchev–Trinajstić information content (AvgIpc) is 3.31. The molecule has 2 rings (SSSR count). The van der Waals surface area contributed by atoms with Crippen LogP contribution in [0.3, 0.4) is 0 Å². The zero-order chi connectivity index (χ0) is 16.7. The molecular formula is C18H28FN3O. The van der Waals surface area contributed by atoms with Crippen molar-refractivity contribution in [3.8, 4) is 0 Å². The van der Waals surface area contributed by atoms with Crippen molar-refractivity contribution in [3.63, 3.8) is 0 Å². The van der Waals surface area contributed by atoms with E-state index in [4.69, 9.17) is 4.74 Å². The fourth-order valence-corrected chi connectivity index (χ4v) is 2.61. The Labute approximate surface area is 138 Å². The second-order valence-electron chi connectivity index (χ2n) is 6.42. The van der Waals surface area contributed by atoms with Crippen molar-refractivity contribution in [2.45, 2.75) is 44.6 Å². The van der Waals surface area contributed by atoms with E-state index < -0.39 is 0 Å². The lowest BCUT2D eigenvalue weighted by Crippen LogP contribution is -2.41. The summed E-state index contributed by atoms with van der Waals surface area (Å²) >= 11 is 0. The highest BCUT2D eigenvalue weighted by Crippen LogP contribution is 2.47. The molecule has 0 saturated heterocycles. The van der Waals surface area contributed by atoms with E-state index in [9.17, 15) is 4.39 Å². The number of benzene rings is 1. The fraction of sp³-hybridized carbons (Fsp3) is 0.611. The zero-order valence-corrected chi connectivity index (χ0v) is 14.4. The van der Waals surface area contributed by atoms with Gasteiger partial charge in [-0.3, -0.25) is 4.99 Å². The largest absolute Gasteiger partial charge is 0.379 e. The summed E-state index contributed by atoms with van der Waals surface area (Å²) in [6.45, 7) is 6.41. The first-order valence-electron chi connectivity index (χ1n) is 8.38. The van der Waals surface area contributed by atoms with Crippen molar-refractivity contribution in [2.24, 2.45) is 4.99 Å². The maximum absolute atomic E-state index is 13.4. The van der Waals surface area contributed by atoms with E-state index in [2.05, 4.69) is 15.6 Å². The second kappa shape index (κ2) is 8.29. The Morgan fingerprint density at radius 2 is 2.13 bits per heavy atom. The molecule has 4 nitrogen and oxygen atoms in total. The molecule has 0 aliphatic heterocycles. The Balaban J connectivity index is 1.75. The molecule has 0 heterocycles. The van der Waals surface area contributed by atoms with Crippen molar-refractivity contribution < 1.29 is 9.13 Å². The summed E-state index contributed by atoms with van der Waals surface area (Å²) in [5.41, 5.74) is 1.13. The Hall–Kier alpha value is -1.62. The number of hydrogen-bond donors (Lipinski definition) is 2. The monoisotopic (exact) mass is 321 g/mol. The topological polar surface area (TPSA) is 45.7 Å². The molecule has 0 atom stereocenters. The first kappa shape index (κ1) is 17.7. The van der Waals surface area contributed by atoms with Crippen molar-refractivity contribution in [1.29, 1.82) is 0 Å². The summed E-state index contributed by atoms with van der Waals surface area (Å²) in [5.74, 6) is 0.624. The highest BCUT2D eigenvalue weighted by molar-refractivity contribution is 5.79. The number of nitrogens with one attached hydrogen (secondary N) is 2. The quantitative estimate of drug-likeness (QED) is 0.440. The number of hydrogen-bond acceptors (Lipinski definition) is 2. The van der Waals surface area contributed by atoms with E-state index in [1.165, 1.54) is 6.07 Å². The fourth-order valence-electron chi connectivity index (χ4n) is 2.61.